The van der Waals surface area contributed by atoms with Crippen molar-refractivity contribution >= 4 is 22.6 Å². The maximum absolute atomic E-state index is 13.4. The van der Waals surface area contributed by atoms with Gasteiger partial charge in [-0.3, -0.25) is 9.69 Å². The zero-order chi connectivity index (χ0) is 26.2. The van der Waals surface area contributed by atoms with E-state index >= 15 is 0 Å². The monoisotopic (exact) mass is 513 g/mol. The van der Waals surface area contributed by atoms with Gasteiger partial charge < -0.3 is 15.7 Å². The van der Waals surface area contributed by atoms with Gasteiger partial charge in [0.25, 0.3) is 0 Å². The maximum atomic E-state index is 13.4. The Morgan fingerprint density at radius 3 is 2.49 bits per heavy atom. The molecule has 3 aromatic rings. The van der Waals surface area contributed by atoms with Crippen molar-refractivity contribution in [3.8, 4) is 0 Å². The molecule has 1 aromatic heterocycles. The first-order valence-electron chi connectivity index (χ1n) is 12.5. The Kier molecular flexibility index (Phi) is 7.04. The Balaban J connectivity index is 1.29. The molecule has 1 amide bonds. The van der Waals surface area contributed by atoms with Gasteiger partial charge in [-0.2, -0.15) is 13.2 Å². The van der Waals surface area contributed by atoms with Gasteiger partial charge in [-0.05, 0) is 60.9 Å². The van der Waals surface area contributed by atoms with Crippen LogP contribution in [-0.2, 0) is 17.6 Å². The molecule has 37 heavy (non-hydrogen) atoms. The summed E-state index contributed by atoms with van der Waals surface area (Å²) >= 11 is 0. The second kappa shape index (κ2) is 10.3. The first kappa shape index (κ1) is 25.4. The smallest absolute Gasteiger partial charge is 0.392 e. The average molecular weight is 514 g/mol. The number of fused-ring (bicyclic) bond motifs is 1. The molecule has 0 radical (unpaired) electrons. The minimum absolute atomic E-state index is 0.0434. The number of amides is 1. The number of nitrogens with two attached hydrogens (primary N) is 1. The molecular weight excluding hydrogens is 483 g/mol. The molecule has 2 heterocycles. The fourth-order valence-corrected chi connectivity index (χ4v) is 5.80. The van der Waals surface area contributed by atoms with Gasteiger partial charge >= 0.3 is 6.18 Å². The standard InChI is InChI=1S/C27H30F3N5O2/c28-27(29,30)19-7-10-24-23(11-19)26(33-16-32-24)35(14-25(31)37)21-12-34(13-21)20-8-5-17(6-9-20)22-4-2-1-3-18(22)15-36/h1-4,7,10-11,16-17,20-21,36H,5-6,8-9,12-15H2,(H2,31,37). The van der Waals surface area contributed by atoms with Crippen LogP contribution >= 0.6 is 0 Å². The molecule has 2 fully saturated rings. The van der Waals surface area contributed by atoms with Crippen LogP contribution in [0.25, 0.3) is 10.9 Å². The number of rotatable bonds is 7. The third-order valence-electron chi connectivity index (χ3n) is 7.75. The number of aromatic nitrogens is 2. The van der Waals surface area contributed by atoms with E-state index in [0.29, 0.717) is 36.4 Å². The molecule has 0 unspecified atom stereocenters. The van der Waals surface area contributed by atoms with Gasteiger partial charge in [-0.15, -0.1) is 0 Å². The summed E-state index contributed by atoms with van der Waals surface area (Å²) in [6.45, 7) is 1.27. The van der Waals surface area contributed by atoms with Crippen LogP contribution in [0.4, 0.5) is 19.0 Å². The minimum Gasteiger partial charge on any atom is -0.392 e. The van der Waals surface area contributed by atoms with Gasteiger partial charge in [0.05, 0.1) is 30.3 Å². The molecule has 5 rings (SSSR count). The lowest BCUT2D eigenvalue weighted by atomic mass is 9.79. The number of hydrogen-bond acceptors (Lipinski definition) is 6. The third kappa shape index (κ3) is 5.26. The lowest BCUT2D eigenvalue weighted by molar-refractivity contribution is -0.137. The number of halogens is 3. The molecule has 0 spiro atoms. The summed E-state index contributed by atoms with van der Waals surface area (Å²) in [5, 5.41) is 9.93. The van der Waals surface area contributed by atoms with E-state index < -0.39 is 17.6 Å². The number of nitrogens with zero attached hydrogens (tertiary/aromatic N) is 4. The first-order chi connectivity index (χ1) is 17.7. The number of aliphatic hydroxyl groups excluding tert-OH is 1. The van der Waals surface area contributed by atoms with Crippen molar-refractivity contribution in [1.82, 2.24) is 14.9 Å². The molecule has 0 atom stereocenters. The second-order valence-electron chi connectivity index (χ2n) is 9.99. The predicted molar refractivity (Wildman–Crippen MR) is 134 cm³/mol. The highest BCUT2D eigenvalue weighted by molar-refractivity contribution is 5.92. The zero-order valence-corrected chi connectivity index (χ0v) is 20.4. The van der Waals surface area contributed by atoms with Gasteiger partial charge in [0, 0.05) is 24.5 Å². The lowest BCUT2D eigenvalue weighted by Gasteiger charge is -2.50. The lowest BCUT2D eigenvalue weighted by Crippen LogP contribution is -2.64. The van der Waals surface area contributed by atoms with E-state index in [-0.39, 0.29) is 24.6 Å². The number of anilines is 1. The summed E-state index contributed by atoms with van der Waals surface area (Å²) in [6, 6.07) is 11.7. The van der Waals surface area contributed by atoms with Crippen LogP contribution in [0.5, 0.6) is 0 Å². The van der Waals surface area contributed by atoms with Crippen molar-refractivity contribution in [2.24, 2.45) is 5.73 Å². The summed E-state index contributed by atoms with van der Waals surface area (Å²) in [5.41, 5.74) is 7.34. The molecule has 196 valence electrons. The van der Waals surface area contributed by atoms with Crippen molar-refractivity contribution < 1.29 is 23.1 Å². The van der Waals surface area contributed by atoms with E-state index in [2.05, 4.69) is 20.9 Å². The zero-order valence-electron chi connectivity index (χ0n) is 20.4. The topological polar surface area (TPSA) is 95.6 Å². The van der Waals surface area contributed by atoms with Gasteiger partial charge in [0.1, 0.15) is 12.1 Å². The van der Waals surface area contributed by atoms with E-state index in [1.807, 2.05) is 18.2 Å². The molecule has 1 saturated heterocycles. The number of likely N-dealkylation sites (tertiary alicyclic amines) is 1. The SMILES string of the molecule is NC(=O)CN(c1ncnc2ccc(C(F)(F)F)cc12)C1CN(C2CCC(c3ccccc3CO)CC2)C1. The fourth-order valence-electron chi connectivity index (χ4n) is 5.80. The summed E-state index contributed by atoms with van der Waals surface area (Å²) < 4.78 is 40.1. The molecule has 2 aromatic carbocycles. The van der Waals surface area contributed by atoms with E-state index in [9.17, 15) is 23.1 Å². The summed E-state index contributed by atoms with van der Waals surface area (Å²) in [7, 11) is 0. The van der Waals surface area contributed by atoms with Crippen molar-refractivity contribution in [3.05, 3.63) is 65.5 Å². The van der Waals surface area contributed by atoms with Crippen molar-refractivity contribution in [2.75, 3.05) is 24.5 Å². The van der Waals surface area contributed by atoms with Crippen LogP contribution in [0.2, 0.25) is 0 Å². The Morgan fingerprint density at radius 1 is 1.08 bits per heavy atom. The second-order valence-corrected chi connectivity index (χ2v) is 9.99. The van der Waals surface area contributed by atoms with Crippen LogP contribution in [-0.4, -0.2) is 57.6 Å². The van der Waals surface area contributed by atoms with Gasteiger partial charge in [0.15, 0.2) is 0 Å². The quantitative estimate of drug-likeness (QED) is 0.499. The van der Waals surface area contributed by atoms with Crippen LogP contribution in [0.15, 0.2) is 48.8 Å². The van der Waals surface area contributed by atoms with Crippen molar-refractivity contribution in [1.29, 1.82) is 0 Å². The molecule has 10 heteroatoms. The maximum Gasteiger partial charge on any atom is 0.416 e. The molecule has 7 nitrogen and oxygen atoms in total. The molecule has 1 aliphatic carbocycles. The summed E-state index contributed by atoms with van der Waals surface area (Å²) in [5.74, 6) is 0.155. The molecule has 1 saturated carbocycles. The number of primary amides is 1. The van der Waals surface area contributed by atoms with Gasteiger partial charge in [-0.1, -0.05) is 24.3 Å². The van der Waals surface area contributed by atoms with Crippen LogP contribution in [0.1, 0.15) is 48.3 Å². The van der Waals surface area contributed by atoms with E-state index in [4.69, 9.17) is 5.73 Å². The highest BCUT2D eigenvalue weighted by Gasteiger charge is 2.39. The number of aliphatic hydroxyl groups is 1. The van der Waals surface area contributed by atoms with Crippen molar-refractivity contribution in [2.45, 2.75) is 56.5 Å². The molecule has 1 aliphatic heterocycles. The Bertz CT molecular complexity index is 1270. The van der Waals surface area contributed by atoms with Gasteiger partial charge in [-0.25, -0.2) is 9.97 Å². The predicted octanol–water partition coefficient (Wildman–Crippen LogP) is 3.84. The van der Waals surface area contributed by atoms with Crippen LogP contribution in [0.3, 0.4) is 0 Å². The minimum atomic E-state index is -4.50. The first-order valence-corrected chi connectivity index (χ1v) is 12.5. The highest BCUT2D eigenvalue weighted by atomic mass is 19.4. The molecular formula is C27H30F3N5O2. The molecule has 0 bridgehead atoms. The fraction of sp³-hybridized carbons (Fsp3) is 0.444. The van der Waals surface area contributed by atoms with E-state index in [1.54, 1.807) is 4.90 Å². The van der Waals surface area contributed by atoms with E-state index in [1.165, 1.54) is 18.0 Å². The van der Waals surface area contributed by atoms with Gasteiger partial charge in [0.2, 0.25) is 5.91 Å². The summed E-state index contributed by atoms with van der Waals surface area (Å²) in [6.07, 6.45) is 0.923. The van der Waals surface area contributed by atoms with Crippen LogP contribution in [0, 0.1) is 0 Å². The largest absolute Gasteiger partial charge is 0.416 e. The number of hydrogen-bond donors (Lipinski definition) is 2. The molecule has 3 N–H and O–H groups in total. The van der Waals surface area contributed by atoms with E-state index in [0.717, 1.165) is 43.4 Å². The Hall–Kier alpha value is -3.24. The summed E-state index contributed by atoms with van der Waals surface area (Å²) in [4.78, 5) is 24.4. The Labute approximate surface area is 213 Å². The average Bonchev–Trinajstić information content (AvgIpc) is 2.86. The number of carbonyl (C=O) groups excluding carboxylic acids is 1. The van der Waals surface area contributed by atoms with Crippen molar-refractivity contribution in [3.63, 3.8) is 0 Å². The normalized spacial score (nSPS) is 21.1. The third-order valence-corrected chi connectivity index (χ3v) is 7.75. The Morgan fingerprint density at radius 2 is 1.81 bits per heavy atom. The number of alkyl halides is 3. The van der Waals surface area contributed by atoms with Crippen LogP contribution < -0.4 is 10.6 Å². The number of benzene rings is 2. The molecule has 2 aliphatic rings. The number of carbonyl (C=O) groups is 1. The highest BCUT2D eigenvalue weighted by Crippen LogP contribution is 2.39.